The summed E-state index contributed by atoms with van der Waals surface area (Å²) >= 11 is 0. The molecule has 0 saturated carbocycles. The molecule has 1 heterocycles. The van der Waals surface area contributed by atoms with E-state index in [-0.39, 0.29) is 5.56 Å². The van der Waals surface area contributed by atoms with Crippen LogP contribution < -0.4 is 10.6 Å². The summed E-state index contributed by atoms with van der Waals surface area (Å²) in [5.41, 5.74) is 7.25. The Labute approximate surface area is 115 Å². The molecule has 5 nitrogen and oxygen atoms in total. The van der Waals surface area contributed by atoms with Crippen LogP contribution in [0.2, 0.25) is 0 Å². The number of benzene rings is 1. The van der Waals surface area contributed by atoms with E-state index in [1.807, 2.05) is 0 Å². The average Bonchev–Trinajstić information content (AvgIpc) is 2.38. The standard InChI is InChI=1S/C14H14FN3O2/c1-18(8-9-4-10(15)7-17-6-9)13-3-2-11(16)5-12(13)14(19)20/h2-7H,8,16H2,1H3,(H,19,20). The van der Waals surface area contributed by atoms with Gasteiger partial charge in [-0.1, -0.05) is 0 Å². The van der Waals surface area contributed by atoms with Crippen molar-refractivity contribution in [2.45, 2.75) is 6.54 Å². The minimum Gasteiger partial charge on any atom is -0.478 e. The molecule has 0 bridgehead atoms. The lowest BCUT2D eigenvalue weighted by Gasteiger charge is -2.21. The summed E-state index contributed by atoms with van der Waals surface area (Å²) in [6.45, 7) is 0.342. The number of nitrogens with two attached hydrogens (primary N) is 1. The normalized spacial score (nSPS) is 10.3. The first-order chi connectivity index (χ1) is 9.47. The van der Waals surface area contributed by atoms with Crippen LogP contribution in [0.1, 0.15) is 15.9 Å². The Morgan fingerprint density at radius 2 is 2.15 bits per heavy atom. The molecule has 0 saturated heterocycles. The van der Waals surface area contributed by atoms with Gasteiger partial charge in [0, 0.05) is 25.5 Å². The van der Waals surface area contributed by atoms with E-state index in [1.54, 1.807) is 24.1 Å². The minimum absolute atomic E-state index is 0.108. The number of aromatic carboxylic acids is 1. The molecule has 2 rings (SSSR count). The van der Waals surface area contributed by atoms with Gasteiger partial charge >= 0.3 is 5.97 Å². The van der Waals surface area contributed by atoms with E-state index in [0.29, 0.717) is 23.5 Å². The zero-order valence-electron chi connectivity index (χ0n) is 10.9. The van der Waals surface area contributed by atoms with Crippen LogP contribution in [0.3, 0.4) is 0 Å². The molecule has 0 unspecified atom stereocenters. The lowest BCUT2D eigenvalue weighted by Crippen LogP contribution is -2.19. The maximum atomic E-state index is 13.1. The van der Waals surface area contributed by atoms with Crippen LogP contribution in [0.15, 0.2) is 36.7 Å². The molecule has 1 aromatic heterocycles. The molecule has 2 aromatic rings. The maximum Gasteiger partial charge on any atom is 0.337 e. The Bertz CT molecular complexity index is 646. The summed E-state index contributed by atoms with van der Waals surface area (Å²) in [4.78, 5) is 16.7. The molecule has 3 N–H and O–H groups in total. The van der Waals surface area contributed by atoms with Gasteiger partial charge in [-0.15, -0.1) is 0 Å². The van der Waals surface area contributed by atoms with E-state index in [4.69, 9.17) is 5.73 Å². The lowest BCUT2D eigenvalue weighted by molar-refractivity contribution is 0.0697. The summed E-state index contributed by atoms with van der Waals surface area (Å²) in [5.74, 6) is -1.48. The second-order valence-electron chi connectivity index (χ2n) is 4.45. The zero-order chi connectivity index (χ0) is 14.7. The molecule has 0 atom stereocenters. The number of nitrogens with zero attached hydrogens (tertiary/aromatic N) is 2. The molecule has 0 fully saturated rings. The highest BCUT2D eigenvalue weighted by atomic mass is 19.1. The molecule has 0 amide bonds. The number of carboxylic acid groups (broad SMARTS) is 1. The van der Waals surface area contributed by atoms with E-state index in [9.17, 15) is 14.3 Å². The second-order valence-corrected chi connectivity index (χ2v) is 4.45. The van der Waals surface area contributed by atoms with Gasteiger partial charge in [-0.25, -0.2) is 9.18 Å². The first kappa shape index (κ1) is 13.8. The summed E-state index contributed by atoms with van der Waals surface area (Å²) < 4.78 is 13.1. The number of carbonyl (C=O) groups is 1. The van der Waals surface area contributed by atoms with Crippen molar-refractivity contribution in [2.24, 2.45) is 0 Å². The number of aromatic nitrogens is 1. The molecule has 0 aliphatic rings. The fourth-order valence-corrected chi connectivity index (χ4v) is 1.96. The molecule has 6 heteroatoms. The van der Waals surface area contributed by atoms with Gasteiger partial charge in [-0.05, 0) is 29.8 Å². The van der Waals surface area contributed by atoms with E-state index < -0.39 is 11.8 Å². The summed E-state index contributed by atoms with van der Waals surface area (Å²) in [7, 11) is 1.73. The minimum atomic E-state index is -1.06. The van der Waals surface area contributed by atoms with Crippen LogP contribution in [0, 0.1) is 5.82 Å². The van der Waals surface area contributed by atoms with Gasteiger partial charge < -0.3 is 15.7 Å². The molecule has 1 aromatic carbocycles. The smallest absolute Gasteiger partial charge is 0.337 e. The van der Waals surface area contributed by atoms with Crippen molar-refractivity contribution in [3.63, 3.8) is 0 Å². The molecule has 104 valence electrons. The number of nitrogen functional groups attached to an aromatic ring is 1. The van der Waals surface area contributed by atoms with Gasteiger partial charge in [0.25, 0.3) is 0 Å². The topological polar surface area (TPSA) is 79.5 Å². The number of hydrogen-bond acceptors (Lipinski definition) is 4. The molecular formula is C14H14FN3O2. The third-order valence-corrected chi connectivity index (χ3v) is 2.84. The van der Waals surface area contributed by atoms with E-state index >= 15 is 0 Å². The van der Waals surface area contributed by atoms with Gasteiger partial charge in [0.1, 0.15) is 5.82 Å². The van der Waals surface area contributed by atoms with Gasteiger partial charge in [0.15, 0.2) is 0 Å². The predicted molar refractivity (Wildman–Crippen MR) is 74.1 cm³/mol. The number of rotatable bonds is 4. The van der Waals surface area contributed by atoms with E-state index in [0.717, 1.165) is 6.20 Å². The van der Waals surface area contributed by atoms with E-state index in [1.165, 1.54) is 18.3 Å². The van der Waals surface area contributed by atoms with Crippen molar-refractivity contribution in [1.82, 2.24) is 4.98 Å². The highest BCUT2D eigenvalue weighted by Crippen LogP contribution is 2.23. The number of halogens is 1. The first-order valence-electron chi connectivity index (χ1n) is 5.91. The van der Waals surface area contributed by atoms with Crippen LogP contribution in [-0.2, 0) is 6.54 Å². The van der Waals surface area contributed by atoms with Gasteiger partial charge in [-0.3, -0.25) is 4.98 Å². The van der Waals surface area contributed by atoms with Crippen LogP contribution in [0.25, 0.3) is 0 Å². The highest BCUT2D eigenvalue weighted by molar-refractivity contribution is 5.95. The molecule has 0 spiro atoms. The van der Waals surface area contributed by atoms with Crippen molar-refractivity contribution >= 4 is 17.3 Å². The average molecular weight is 275 g/mol. The molecule has 0 aliphatic heterocycles. The van der Waals surface area contributed by atoms with Crippen LogP contribution in [0.5, 0.6) is 0 Å². The Kier molecular flexibility index (Phi) is 3.84. The zero-order valence-corrected chi connectivity index (χ0v) is 10.9. The third kappa shape index (κ3) is 3.03. The second kappa shape index (κ2) is 5.56. The Balaban J connectivity index is 2.29. The lowest BCUT2D eigenvalue weighted by atomic mass is 10.1. The molecule has 20 heavy (non-hydrogen) atoms. The molecular weight excluding hydrogens is 261 g/mol. The Hall–Kier alpha value is -2.63. The SMILES string of the molecule is CN(Cc1cncc(F)c1)c1ccc(N)cc1C(=O)O. The van der Waals surface area contributed by atoms with Crippen LogP contribution >= 0.6 is 0 Å². The van der Waals surface area contributed by atoms with Crippen molar-refractivity contribution in [2.75, 3.05) is 17.7 Å². The summed E-state index contributed by atoms with van der Waals surface area (Å²) in [5, 5.41) is 9.19. The predicted octanol–water partition coefficient (Wildman–Crippen LogP) is 2.14. The molecule has 0 aliphatic carbocycles. The van der Waals surface area contributed by atoms with Crippen molar-refractivity contribution in [3.8, 4) is 0 Å². The monoisotopic (exact) mass is 275 g/mol. The maximum absolute atomic E-state index is 13.1. The fraction of sp³-hybridized carbons (Fsp3) is 0.143. The first-order valence-corrected chi connectivity index (χ1v) is 5.91. The Morgan fingerprint density at radius 3 is 2.80 bits per heavy atom. The quantitative estimate of drug-likeness (QED) is 0.836. The van der Waals surface area contributed by atoms with Gasteiger partial charge in [0.2, 0.25) is 0 Å². The number of anilines is 2. The highest BCUT2D eigenvalue weighted by Gasteiger charge is 2.14. The number of hydrogen-bond donors (Lipinski definition) is 2. The van der Waals surface area contributed by atoms with Gasteiger partial charge in [-0.2, -0.15) is 0 Å². The molecule has 0 radical (unpaired) electrons. The van der Waals surface area contributed by atoms with Crippen molar-refractivity contribution < 1.29 is 14.3 Å². The number of pyridine rings is 1. The van der Waals surface area contributed by atoms with Gasteiger partial charge in [0.05, 0.1) is 17.4 Å². The Morgan fingerprint density at radius 1 is 1.40 bits per heavy atom. The number of carboxylic acids is 1. The van der Waals surface area contributed by atoms with E-state index in [2.05, 4.69) is 4.98 Å². The van der Waals surface area contributed by atoms with Crippen LogP contribution in [-0.4, -0.2) is 23.1 Å². The fourth-order valence-electron chi connectivity index (χ4n) is 1.96. The van der Waals surface area contributed by atoms with Crippen molar-refractivity contribution in [3.05, 3.63) is 53.6 Å². The summed E-state index contributed by atoms with van der Waals surface area (Å²) in [6, 6.07) is 6.02. The van der Waals surface area contributed by atoms with Crippen molar-refractivity contribution in [1.29, 1.82) is 0 Å². The summed E-state index contributed by atoms with van der Waals surface area (Å²) in [6.07, 6.45) is 2.66. The van der Waals surface area contributed by atoms with Crippen LogP contribution in [0.4, 0.5) is 15.8 Å². The largest absolute Gasteiger partial charge is 0.478 e. The third-order valence-electron chi connectivity index (χ3n) is 2.84.